The van der Waals surface area contributed by atoms with Gasteiger partial charge in [0.1, 0.15) is 5.75 Å². The van der Waals surface area contributed by atoms with Gasteiger partial charge in [-0.25, -0.2) is 0 Å². The molecule has 96 valence electrons. The highest BCUT2D eigenvalue weighted by molar-refractivity contribution is 5.90. The van der Waals surface area contributed by atoms with Crippen molar-refractivity contribution in [1.29, 1.82) is 0 Å². The van der Waals surface area contributed by atoms with E-state index >= 15 is 0 Å². The molecule has 4 rings (SSSR count). The van der Waals surface area contributed by atoms with E-state index in [1.807, 2.05) is 12.1 Å². The molecule has 1 saturated carbocycles. The van der Waals surface area contributed by atoms with E-state index in [1.54, 1.807) is 7.11 Å². The summed E-state index contributed by atoms with van der Waals surface area (Å²) in [6.45, 7) is 0.969. The van der Waals surface area contributed by atoms with E-state index in [0.717, 1.165) is 30.8 Å². The van der Waals surface area contributed by atoms with Crippen LogP contribution in [-0.2, 0) is 0 Å². The van der Waals surface area contributed by atoms with E-state index in [9.17, 15) is 0 Å². The maximum atomic E-state index is 8.99. The van der Waals surface area contributed by atoms with E-state index in [4.69, 9.17) is 9.94 Å². The third-order valence-electron chi connectivity index (χ3n) is 4.15. The van der Waals surface area contributed by atoms with Gasteiger partial charge in [0.05, 0.1) is 12.8 Å². The van der Waals surface area contributed by atoms with Crippen LogP contribution in [-0.4, -0.2) is 30.6 Å². The Bertz CT molecular complexity index is 455. The molecule has 2 atom stereocenters. The van der Waals surface area contributed by atoms with Crippen molar-refractivity contribution in [2.24, 2.45) is 11.1 Å². The second kappa shape index (κ2) is 4.52. The van der Waals surface area contributed by atoms with Gasteiger partial charge in [0.2, 0.25) is 0 Å². The molecule has 18 heavy (non-hydrogen) atoms. The average molecular weight is 246 g/mol. The zero-order valence-corrected chi connectivity index (χ0v) is 10.5. The third-order valence-corrected chi connectivity index (χ3v) is 4.15. The number of ether oxygens (including phenoxy) is 1. The van der Waals surface area contributed by atoms with Crippen molar-refractivity contribution in [1.82, 2.24) is 0 Å². The normalized spacial score (nSPS) is 28.7. The molecule has 3 aliphatic rings. The molecule has 2 saturated heterocycles. The first-order valence-electron chi connectivity index (χ1n) is 6.43. The van der Waals surface area contributed by atoms with Gasteiger partial charge in [-0.2, -0.15) is 0 Å². The number of hydrogen-bond donors (Lipinski definition) is 1. The molecule has 0 spiro atoms. The molecular formula is C14H18N2O2. The fourth-order valence-electron chi connectivity index (χ4n) is 3.13. The summed E-state index contributed by atoms with van der Waals surface area (Å²) in [4.78, 5) is 2.43. The van der Waals surface area contributed by atoms with Gasteiger partial charge >= 0.3 is 0 Å². The summed E-state index contributed by atoms with van der Waals surface area (Å²) in [5.74, 6) is 1.31. The van der Waals surface area contributed by atoms with Crippen LogP contribution in [0.25, 0.3) is 0 Å². The van der Waals surface area contributed by atoms with Crippen molar-refractivity contribution in [3.05, 3.63) is 24.3 Å². The number of oxime groups is 1. The van der Waals surface area contributed by atoms with Gasteiger partial charge in [0.15, 0.2) is 0 Å². The molecule has 1 aliphatic carbocycles. The molecule has 1 aromatic carbocycles. The molecule has 0 radical (unpaired) electrons. The zero-order chi connectivity index (χ0) is 12.5. The molecule has 3 fully saturated rings. The van der Waals surface area contributed by atoms with Crippen LogP contribution in [0.5, 0.6) is 5.75 Å². The minimum absolute atomic E-state index is 0.419. The molecule has 0 aromatic heterocycles. The number of rotatable bonds is 2. The summed E-state index contributed by atoms with van der Waals surface area (Å²) < 4.78 is 5.18. The Morgan fingerprint density at radius 3 is 2.61 bits per heavy atom. The number of methoxy groups -OCH3 is 1. The van der Waals surface area contributed by atoms with Crippen molar-refractivity contribution in [3.63, 3.8) is 0 Å². The van der Waals surface area contributed by atoms with E-state index in [0.29, 0.717) is 12.0 Å². The van der Waals surface area contributed by atoms with Gasteiger partial charge in [-0.3, -0.25) is 0 Å². The van der Waals surface area contributed by atoms with Crippen molar-refractivity contribution in [3.8, 4) is 5.75 Å². The lowest BCUT2D eigenvalue weighted by atomic mass is 9.78. The van der Waals surface area contributed by atoms with Crippen LogP contribution in [0, 0.1) is 5.92 Å². The average Bonchev–Trinajstić information content (AvgIpc) is 2.47. The Labute approximate surface area is 107 Å². The lowest BCUT2D eigenvalue weighted by Gasteiger charge is -2.46. The third kappa shape index (κ3) is 1.82. The smallest absolute Gasteiger partial charge is 0.119 e. The minimum atomic E-state index is 0.419. The summed E-state index contributed by atoms with van der Waals surface area (Å²) in [5.41, 5.74) is 2.22. The first-order chi connectivity index (χ1) is 8.81. The van der Waals surface area contributed by atoms with Gasteiger partial charge in [0, 0.05) is 30.6 Å². The predicted molar refractivity (Wildman–Crippen MR) is 70.7 cm³/mol. The molecular weight excluding hydrogens is 228 g/mol. The number of benzene rings is 1. The zero-order valence-electron chi connectivity index (χ0n) is 10.5. The number of piperidine rings is 2. The molecule has 2 aliphatic heterocycles. The van der Waals surface area contributed by atoms with Gasteiger partial charge in [-0.05, 0) is 37.1 Å². The van der Waals surface area contributed by atoms with Gasteiger partial charge in [-0.1, -0.05) is 5.16 Å². The number of anilines is 1. The van der Waals surface area contributed by atoms with Crippen LogP contribution in [0.1, 0.15) is 19.3 Å². The summed E-state index contributed by atoms with van der Waals surface area (Å²) in [5, 5.41) is 12.4. The predicted octanol–water partition coefficient (Wildman–Crippen LogP) is 2.51. The van der Waals surface area contributed by atoms with Gasteiger partial charge in [0.25, 0.3) is 0 Å². The SMILES string of the molecule is COc1ccc(N2CC3CCC2C/C3=N\O)cc1. The fraction of sp³-hybridized carbons (Fsp3) is 0.500. The summed E-state index contributed by atoms with van der Waals surface area (Å²) in [6.07, 6.45) is 3.24. The Balaban J connectivity index is 1.81. The van der Waals surface area contributed by atoms with E-state index < -0.39 is 0 Å². The molecule has 4 nitrogen and oxygen atoms in total. The molecule has 2 heterocycles. The van der Waals surface area contributed by atoms with Crippen LogP contribution in [0.3, 0.4) is 0 Å². The highest BCUT2D eigenvalue weighted by atomic mass is 16.5. The minimum Gasteiger partial charge on any atom is -0.497 e. The van der Waals surface area contributed by atoms with Gasteiger partial charge in [-0.15, -0.1) is 0 Å². The van der Waals surface area contributed by atoms with Crippen molar-refractivity contribution in [2.75, 3.05) is 18.6 Å². The van der Waals surface area contributed by atoms with Gasteiger partial charge < -0.3 is 14.8 Å². The fourth-order valence-corrected chi connectivity index (χ4v) is 3.13. The maximum Gasteiger partial charge on any atom is 0.119 e. The first-order valence-corrected chi connectivity index (χ1v) is 6.43. The van der Waals surface area contributed by atoms with Crippen LogP contribution in [0.2, 0.25) is 0 Å². The molecule has 1 N–H and O–H groups in total. The largest absolute Gasteiger partial charge is 0.497 e. The number of nitrogens with zero attached hydrogens (tertiary/aromatic N) is 2. The lowest BCUT2D eigenvalue weighted by molar-refractivity contribution is 0.295. The summed E-state index contributed by atoms with van der Waals surface area (Å²) >= 11 is 0. The molecule has 1 aromatic rings. The Morgan fingerprint density at radius 1 is 1.28 bits per heavy atom. The summed E-state index contributed by atoms with van der Waals surface area (Å²) in [6, 6.07) is 8.69. The van der Waals surface area contributed by atoms with E-state index in [-0.39, 0.29) is 0 Å². The second-order valence-corrected chi connectivity index (χ2v) is 5.07. The Morgan fingerprint density at radius 2 is 2.06 bits per heavy atom. The quantitative estimate of drug-likeness (QED) is 0.644. The topological polar surface area (TPSA) is 45.1 Å². The van der Waals surface area contributed by atoms with E-state index in [2.05, 4.69) is 22.2 Å². The van der Waals surface area contributed by atoms with Crippen LogP contribution < -0.4 is 9.64 Å². The number of hydrogen-bond acceptors (Lipinski definition) is 4. The number of fused-ring (bicyclic) bond motifs is 3. The van der Waals surface area contributed by atoms with Crippen molar-refractivity contribution >= 4 is 11.4 Å². The highest BCUT2D eigenvalue weighted by Gasteiger charge is 2.38. The Kier molecular flexibility index (Phi) is 2.86. The summed E-state index contributed by atoms with van der Waals surface area (Å²) in [7, 11) is 1.68. The highest BCUT2D eigenvalue weighted by Crippen LogP contribution is 2.36. The molecule has 4 heteroatoms. The first kappa shape index (κ1) is 11.4. The standard InChI is InChI=1S/C14H18N2O2/c1-18-13-6-4-11(5-7-13)16-9-10-2-3-12(16)8-14(10)15-17/h4-7,10,12,17H,2-3,8-9H2,1H3/b15-14+. The maximum absolute atomic E-state index is 8.99. The lowest BCUT2D eigenvalue weighted by Crippen LogP contribution is -2.52. The van der Waals surface area contributed by atoms with Crippen LogP contribution >= 0.6 is 0 Å². The molecule has 2 unspecified atom stereocenters. The molecule has 0 amide bonds. The van der Waals surface area contributed by atoms with Crippen molar-refractivity contribution in [2.45, 2.75) is 25.3 Å². The Hall–Kier alpha value is -1.71. The monoisotopic (exact) mass is 246 g/mol. The second-order valence-electron chi connectivity index (χ2n) is 5.07. The van der Waals surface area contributed by atoms with E-state index in [1.165, 1.54) is 12.1 Å². The van der Waals surface area contributed by atoms with Crippen molar-refractivity contribution < 1.29 is 9.94 Å². The van der Waals surface area contributed by atoms with Crippen LogP contribution in [0.15, 0.2) is 29.4 Å². The van der Waals surface area contributed by atoms with Crippen LogP contribution in [0.4, 0.5) is 5.69 Å². The molecule has 2 bridgehead atoms.